The maximum atomic E-state index is 3.69. The molecular weight excluding hydrogens is 220 g/mol. The Hall–Kier alpha value is -0.0800. The van der Waals surface area contributed by atoms with E-state index in [1.807, 2.05) is 0 Å². The van der Waals surface area contributed by atoms with Crippen molar-refractivity contribution in [3.63, 3.8) is 0 Å². The van der Waals surface area contributed by atoms with Gasteiger partial charge >= 0.3 is 0 Å². The van der Waals surface area contributed by atoms with Crippen LogP contribution in [-0.4, -0.2) is 36.6 Å². The van der Waals surface area contributed by atoms with Crippen LogP contribution >= 0.6 is 0 Å². The summed E-state index contributed by atoms with van der Waals surface area (Å²) in [4.78, 5) is 2.79. The highest BCUT2D eigenvalue weighted by atomic mass is 15.2. The van der Waals surface area contributed by atoms with E-state index in [1.54, 1.807) is 0 Å². The van der Waals surface area contributed by atoms with Crippen molar-refractivity contribution in [2.45, 2.75) is 77.3 Å². The third-order valence-corrected chi connectivity index (χ3v) is 5.12. The molecule has 2 aliphatic rings. The van der Waals surface area contributed by atoms with Gasteiger partial charge in [-0.25, -0.2) is 0 Å². The molecule has 2 heteroatoms. The molecule has 0 aromatic carbocycles. The molecule has 1 N–H and O–H groups in total. The summed E-state index contributed by atoms with van der Waals surface area (Å²) in [5.41, 5.74) is 0. The fourth-order valence-electron chi connectivity index (χ4n) is 3.72. The van der Waals surface area contributed by atoms with Gasteiger partial charge < -0.3 is 10.2 Å². The van der Waals surface area contributed by atoms with E-state index in [2.05, 4.69) is 24.1 Å². The summed E-state index contributed by atoms with van der Waals surface area (Å²) in [5.74, 6) is 1.02. The highest BCUT2D eigenvalue weighted by molar-refractivity contribution is 4.85. The Morgan fingerprint density at radius 3 is 2.17 bits per heavy atom. The number of nitrogens with one attached hydrogen (secondary N) is 1. The van der Waals surface area contributed by atoms with Crippen molar-refractivity contribution >= 4 is 0 Å². The normalized spacial score (nSPS) is 31.7. The van der Waals surface area contributed by atoms with Gasteiger partial charge in [-0.05, 0) is 70.5 Å². The minimum atomic E-state index is 0.814. The second-order valence-corrected chi connectivity index (χ2v) is 6.35. The zero-order chi connectivity index (χ0) is 12.8. The zero-order valence-corrected chi connectivity index (χ0v) is 12.5. The van der Waals surface area contributed by atoms with Crippen LogP contribution in [0.1, 0.15) is 65.2 Å². The largest absolute Gasteiger partial charge is 0.314 e. The van der Waals surface area contributed by atoms with Gasteiger partial charge in [0.25, 0.3) is 0 Å². The molecule has 1 saturated carbocycles. The minimum absolute atomic E-state index is 0.814. The lowest BCUT2D eigenvalue weighted by atomic mass is 9.87. The molecule has 0 atom stereocenters. The highest BCUT2D eigenvalue weighted by Crippen LogP contribution is 2.28. The fourth-order valence-corrected chi connectivity index (χ4v) is 3.72. The standard InChI is InChI=1S/C16H32N2/c1-3-11-17-15-5-7-16(8-6-15)18-12-9-14(4-2)10-13-18/h14-17H,3-13H2,1-2H3. The van der Waals surface area contributed by atoms with Crippen LogP contribution in [0.25, 0.3) is 0 Å². The van der Waals surface area contributed by atoms with Crippen molar-refractivity contribution in [1.29, 1.82) is 0 Å². The first kappa shape index (κ1) is 14.3. The number of nitrogens with zero attached hydrogens (tertiary/aromatic N) is 1. The summed E-state index contributed by atoms with van der Waals surface area (Å²) < 4.78 is 0. The first-order valence-corrected chi connectivity index (χ1v) is 8.30. The number of hydrogen-bond acceptors (Lipinski definition) is 2. The molecule has 0 aromatic heterocycles. The van der Waals surface area contributed by atoms with Gasteiger partial charge in [-0.3, -0.25) is 0 Å². The lowest BCUT2D eigenvalue weighted by Gasteiger charge is -2.41. The smallest absolute Gasteiger partial charge is 0.00964 e. The van der Waals surface area contributed by atoms with Gasteiger partial charge in [0, 0.05) is 12.1 Å². The topological polar surface area (TPSA) is 15.3 Å². The van der Waals surface area contributed by atoms with E-state index in [-0.39, 0.29) is 0 Å². The van der Waals surface area contributed by atoms with E-state index in [9.17, 15) is 0 Å². The van der Waals surface area contributed by atoms with Crippen LogP contribution in [0.2, 0.25) is 0 Å². The molecule has 1 aliphatic carbocycles. The van der Waals surface area contributed by atoms with Crippen LogP contribution in [0.5, 0.6) is 0 Å². The van der Waals surface area contributed by atoms with Gasteiger partial charge in [0.15, 0.2) is 0 Å². The average molecular weight is 252 g/mol. The van der Waals surface area contributed by atoms with E-state index >= 15 is 0 Å². The lowest BCUT2D eigenvalue weighted by molar-refractivity contribution is 0.0984. The van der Waals surface area contributed by atoms with Gasteiger partial charge in [0.05, 0.1) is 0 Å². The molecular formula is C16H32N2. The van der Waals surface area contributed by atoms with E-state index in [0.717, 1.165) is 18.0 Å². The van der Waals surface area contributed by atoms with Crippen LogP contribution in [0.4, 0.5) is 0 Å². The summed E-state index contributed by atoms with van der Waals surface area (Å²) in [6.45, 7) is 8.56. The van der Waals surface area contributed by atoms with Crippen molar-refractivity contribution in [3.8, 4) is 0 Å². The molecule has 0 aromatic rings. The lowest BCUT2D eigenvalue weighted by Crippen LogP contribution is -2.45. The fraction of sp³-hybridized carbons (Fsp3) is 1.00. The molecule has 0 bridgehead atoms. The van der Waals surface area contributed by atoms with Crippen molar-refractivity contribution in [2.75, 3.05) is 19.6 Å². The molecule has 1 saturated heterocycles. The Balaban J connectivity index is 1.67. The summed E-state index contributed by atoms with van der Waals surface area (Å²) in [6, 6.07) is 1.72. The van der Waals surface area contributed by atoms with Crippen molar-refractivity contribution in [3.05, 3.63) is 0 Å². The second kappa shape index (κ2) is 7.49. The molecule has 0 radical (unpaired) electrons. The van der Waals surface area contributed by atoms with Crippen LogP contribution in [0, 0.1) is 5.92 Å². The predicted molar refractivity (Wildman–Crippen MR) is 78.9 cm³/mol. The Morgan fingerprint density at radius 2 is 1.61 bits per heavy atom. The highest BCUT2D eigenvalue weighted by Gasteiger charge is 2.28. The molecule has 2 rings (SSSR count). The SMILES string of the molecule is CCCNC1CCC(N2CCC(CC)CC2)CC1. The van der Waals surface area contributed by atoms with Crippen molar-refractivity contribution in [1.82, 2.24) is 10.2 Å². The molecule has 2 nitrogen and oxygen atoms in total. The molecule has 106 valence electrons. The molecule has 0 spiro atoms. The second-order valence-electron chi connectivity index (χ2n) is 6.35. The predicted octanol–water partition coefficient (Wildman–Crippen LogP) is 3.42. The molecule has 18 heavy (non-hydrogen) atoms. The van der Waals surface area contributed by atoms with Crippen LogP contribution in [0.3, 0.4) is 0 Å². The summed E-state index contributed by atoms with van der Waals surface area (Å²) >= 11 is 0. The maximum Gasteiger partial charge on any atom is 0.00964 e. The number of piperidine rings is 1. The van der Waals surface area contributed by atoms with Gasteiger partial charge in [-0.15, -0.1) is 0 Å². The number of hydrogen-bond donors (Lipinski definition) is 1. The summed E-state index contributed by atoms with van der Waals surface area (Å²) in [6.07, 6.45) is 11.2. The van der Waals surface area contributed by atoms with Crippen LogP contribution in [-0.2, 0) is 0 Å². The van der Waals surface area contributed by atoms with E-state index in [4.69, 9.17) is 0 Å². The first-order chi connectivity index (χ1) is 8.83. The summed E-state index contributed by atoms with van der Waals surface area (Å²) in [5, 5.41) is 3.69. The van der Waals surface area contributed by atoms with Gasteiger partial charge in [-0.1, -0.05) is 20.3 Å². The number of likely N-dealkylation sites (tertiary alicyclic amines) is 1. The quantitative estimate of drug-likeness (QED) is 0.806. The van der Waals surface area contributed by atoms with E-state index in [1.165, 1.54) is 71.0 Å². The van der Waals surface area contributed by atoms with Gasteiger partial charge in [-0.2, -0.15) is 0 Å². The Morgan fingerprint density at radius 1 is 0.944 bits per heavy atom. The van der Waals surface area contributed by atoms with Gasteiger partial charge in [0.1, 0.15) is 0 Å². The molecule has 2 fully saturated rings. The first-order valence-electron chi connectivity index (χ1n) is 8.30. The molecule has 1 aliphatic heterocycles. The Bertz CT molecular complexity index is 213. The van der Waals surface area contributed by atoms with Crippen molar-refractivity contribution in [2.24, 2.45) is 5.92 Å². The average Bonchev–Trinajstić information content (AvgIpc) is 2.46. The third-order valence-electron chi connectivity index (χ3n) is 5.12. The third kappa shape index (κ3) is 3.96. The Labute approximate surface area is 114 Å². The van der Waals surface area contributed by atoms with E-state index < -0.39 is 0 Å². The molecule has 1 heterocycles. The minimum Gasteiger partial charge on any atom is -0.314 e. The van der Waals surface area contributed by atoms with E-state index in [0.29, 0.717) is 0 Å². The monoisotopic (exact) mass is 252 g/mol. The number of rotatable bonds is 5. The zero-order valence-electron chi connectivity index (χ0n) is 12.5. The Kier molecular flexibility index (Phi) is 5.97. The molecule has 0 unspecified atom stereocenters. The molecule has 0 amide bonds. The van der Waals surface area contributed by atoms with Gasteiger partial charge in [0.2, 0.25) is 0 Å². The van der Waals surface area contributed by atoms with Crippen LogP contribution < -0.4 is 5.32 Å². The summed E-state index contributed by atoms with van der Waals surface area (Å²) in [7, 11) is 0. The van der Waals surface area contributed by atoms with Crippen LogP contribution in [0.15, 0.2) is 0 Å². The maximum absolute atomic E-state index is 3.69. The van der Waals surface area contributed by atoms with Crippen molar-refractivity contribution < 1.29 is 0 Å².